The van der Waals surface area contributed by atoms with E-state index in [0.717, 1.165) is 26.9 Å². The molecule has 2 aromatic heterocycles. The SMILES string of the molecule is Cc1cccc(-n2c(C)cc([C@H]3[C@H](c4ccccn4)NC(=S)N3c3ccc(Sc4ccc([N+](=O)[O-])cc4)cc3)c2C)c1C. The van der Waals surface area contributed by atoms with Crippen LogP contribution in [0.3, 0.4) is 0 Å². The van der Waals surface area contributed by atoms with Crippen LogP contribution in [-0.2, 0) is 0 Å². The number of hydrogen-bond donors (Lipinski definition) is 1. The largest absolute Gasteiger partial charge is 0.351 e. The Morgan fingerprint density at radius 1 is 0.907 bits per heavy atom. The lowest BCUT2D eigenvalue weighted by atomic mass is 9.96. The number of aromatic nitrogens is 2. The van der Waals surface area contributed by atoms with Crippen molar-refractivity contribution in [1.82, 2.24) is 14.9 Å². The van der Waals surface area contributed by atoms with Gasteiger partial charge in [0, 0.05) is 50.9 Å². The number of hydrogen-bond acceptors (Lipinski definition) is 5. The third kappa shape index (κ3) is 5.42. The van der Waals surface area contributed by atoms with E-state index >= 15 is 0 Å². The number of nitro groups is 1. The molecule has 0 unspecified atom stereocenters. The number of pyridine rings is 1. The van der Waals surface area contributed by atoms with Gasteiger partial charge in [-0.05, 0) is 117 Å². The number of nitro benzene ring substituents is 1. The molecule has 9 heteroatoms. The molecule has 0 amide bonds. The average Bonchev–Trinajstić information content (AvgIpc) is 3.50. The lowest BCUT2D eigenvalue weighted by Gasteiger charge is -2.28. The fourth-order valence-electron chi connectivity index (χ4n) is 5.83. The summed E-state index contributed by atoms with van der Waals surface area (Å²) in [6, 6.07) is 29.3. The lowest BCUT2D eigenvalue weighted by molar-refractivity contribution is -0.384. The van der Waals surface area contributed by atoms with Crippen LogP contribution in [-0.4, -0.2) is 19.6 Å². The molecule has 1 aliphatic rings. The van der Waals surface area contributed by atoms with Gasteiger partial charge in [-0.3, -0.25) is 15.1 Å². The molecule has 216 valence electrons. The highest BCUT2D eigenvalue weighted by atomic mass is 32.2. The minimum Gasteiger partial charge on any atom is -0.351 e. The fourth-order valence-corrected chi connectivity index (χ4v) is 6.99. The molecule has 2 atom stereocenters. The fraction of sp³-hybridized carbons (Fsp3) is 0.176. The summed E-state index contributed by atoms with van der Waals surface area (Å²) >= 11 is 7.54. The number of thiocarbonyl (C=S) groups is 1. The summed E-state index contributed by atoms with van der Waals surface area (Å²) in [5.41, 5.74) is 9.21. The number of non-ortho nitro benzene ring substituents is 1. The molecule has 1 fully saturated rings. The molecule has 1 aliphatic heterocycles. The van der Waals surface area contributed by atoms with Crippen molar-refractivity contribution in [3.8, 4) is 5.69 Å². The standard InChI is InChI=1S/C34H31N5O2S2/c1-21-8-7-10-31(23(21)3)37-22(2)20-29(24(37)4)33-32(30-9-5-6-19-35-30)36-34(42)38(33)25-11-15-27(16-12-25)43-28-17-13-26(14-18-28)39(40)41/h5-20,32-33H,1-4H3,(H,36,42)/t32-,33-/m0/s1. The summed E-state index contributed by atoms with van der Waals surface area (Å²) in [5, 5.41) is 15.2. The summed E-state index contributed by atoms with van der Waals surface area (Å²) in [7, 11) is 0. The van der Waals surface area contributed by atoms with Gasteiger partial charge in [-0.25, -0.2) is 0 Å². The molecule has 0 saturated carbocycles. The summed E-state index contributed by atoms with van der Waals surface area (Å²) in [6.07, 6.45) is 1.82. The van der Waals surface area contributed by atoms with Gasteiger partial charge >= 0.3 is 0 Å². The predicted octanol–water partition coefficient (Wildman–Crippen LogP) is 8.34. The Morgan fingerprint density at radius 2 is 1.60 bits per heavy atom. The van der Waals surface area contributed by atoms with Gasteiger partial charge < -0.3 is 14.8 Å². The van der Waals surface area contributed by atoms with Crippen molar-refractivity contribution >= 4 is 40.5 Å². The smallest absolute Gasteiger partial charge is 0.269 e. The molecule has 1 N–H and O–H groups in total. The number of nitrogens with one attached hydrogen (secondary N) is 1. The average molecular weight is 606 g/mol. The number of anilines is 1. The molecule has 0 radical (unpaired) electrons. The van der Waals surface area contributed by atoms with Crippen LogP contribution < -0.4 is 10.2 Å². The van der Waals surface area contributed by atoms with Gasteiger partial charge in [-0.2, -0.15) is 0 Å². The summed E-state index contributed by atoms with van der Waals surface area (Å²) in [4.78, 5) is 19.5. The van der Waals surface area contributed by atoms with Crippen LogP contribution in [0.2, 0.25) is 0 Å². The first-order valence-corrected chi connectivity index (χ1v) is 15.2. The molecular weight excluding hydrogens is 575 g/mol. The summed E-state index contributed by atoms with van der Waals surface area (Å²) < 4.78 is 2.34. The first-order valence-electron chi connectivity index (χ1n) is 14.0. The zero-order chi connectivity index (χ0) is 30.2. The second kappa shape index (κ2) is 11.7. The normalized spacial score (nSPS) is 16.4. The zero-order valence-electron chi connectivity index (χ0n) is 24.3. The van der Waals surface area contributed by atoms with Gasteiger partial charge in [0.15, 0.2) is 5.11 Å². The third-order valence-electron chi connectivity index (χ3n) is 8.10. The van der Waals surface area contributed by atoms with Crippen molar-refractivity contribution < 1.29 is 4.92 Å². The minimum atomic E-state index is -0.385. The van der Waals surface area contributed by atoms with E-state index in [9.17, 15) is 10.1 Å². The van der Waals surface area contributed by atoms with E-state index in [1.54, 1.807) is 23.9 Å². The predicted molar refractivity (Wildman–Crippen MR) is 176 cm³/mol. The van der Waals surface area contributed by atoms with E-state index in [1.807, 2.05) is 24.4 Å². The van der Waals surface area contributed by atoms with Crippen molar-refractivity contribution in [2.75, 3.05) is 4.90 Å². The molecule has 43 heavy (non-hydrogen) atoms. The molecular formula is C34H31N5O2S2. The second-order valence-electron chi connectivity index (χ2n) is 10.7. The molecule has 0 bridgehead atoms. The third-order valence-corrected chi connectivity index (χ3v) is 9.43. The molecule has 5 aromatic rings. The Morgan fingerprint density at radius 3 is 2.26 bits per heavy atom. The van der Waals surface area contributed by atoms with Crippen molar-refractivity contribution in [2.24, 2.45) is 0 Å². The van der Waals surface area contributed by atoms with Crippen molar-refractivity contribution in [1.29, 1.82) is 0 Å². The highest BCUT2D eigenvalue weighted by Crippen LogP contribution is 2.44. The Balaban J connectivity index is 1.39. The molecule has 3 aromatic carbocycles. The van der Waals surface area contributed by atoms with Crippen LogP contribution in [0.4, 0.5) is 11.4 Å². The van der Waals surface area contributed by atoms with E-state index < -0.39 is 0 Å². The number of benzene rings is 3. The Bertz CT molecular complexity index is 1820. The summed E-state index contributed by atoms with van der Waals surface area (Å²) in [5.74, 6) is 0. The van der Waals surface area contributed by atoms with Crippen molar-refractivity contribution in [3.63, 3.8) is 0 Å². The maximum Gasteiger partial charge on any atom is 0.269 e. The van der Waals surface area contributed by atoms with Crippen molar-refractivity contribution in [2.45, 2.75) is 49.6 Å². The highest BCUT2D eigenvalue weighted by Gasteiger charge is 2.42. The van der Waals surface area contributed by atoms with Gasteiger partial charge in [0.25, 0.3) is 5.69 Å². The van der Waals surface area contributed by atoms with Gasteiger partial charge in [0.2, 0.25) is 0 Å². The van der Waals surface area contributed by atoms with Gasteiger partial charge in [0.05, 0.1) is 22.7 Å². The number of aryl methyl sites for hydroxylation is 2. The molecule has 0 spiro atoms. The van der Waals surface area contributed by atoms with Gasteiger partial charge in [0.1, 0.15) is 0 Å². The van der Waals surface area contributed by atoms with E-state index in [4.69, 9.17) is 17.2 Å². The Hall–Kier alpha value is -4.47. The zero-order valence-corrected chi connectivity index (χ0v) is 25.9. The van der Waals surface area contributed by atoms with E-state index in [-0.39, 0.29) is 22.7 Å². The van der Waals surface area contributed by atoms with Crippen molar-refractivity contribution in [3.05, 3.63) is 141 Å². The Kier molecular flexibility index (Phi) is 7.77. The van der Waals surface area contributed by atoms with Gasteiger partial charge in [-0.15, -0.1) is 0 Å². The summed E-state index contributed by atoms with van der Waals surface area (Å²) in [6.45, 7) is 8.66. The van der Waals surface area contributed by atoms with E-state index in [0.29, 0.717) is 5.11 Å². The first-order chi connectivity index (χ1) is 20.7. The van der Waals surface area contributed by atoms with Crippen LogP contribution in [0.25, 0.3) is 5.69 Å². The van der Waals surface area contributed by atoms with Crippen LogP contribution in [0.1, 0.15) is 45.9 Å². The maximum absolute atomic E-state index is 11.0. The monoisotopic (exact) mass is 605 g/mol. The first kappa shape index (κ1) is 28.6. The topological polar surface area (TPSA) is 76.2 Å². The molecule has 6 rings (SSSR count). The molecule has 0 aliphatic carbocycles. The molecule has 7 nitrogen and oxygen atoms in total. The second-order valence-corrected chi connectivity index (χ2v) is 12.3. The van der Waals surface area contributed by atoms with E-state index in [2.05, 4.69) is 91.0 Å². The van der Waals surface area contributed by atoms with Crippen LogP contribution >= 0.6 is 24.0 Å². The lowest BCUT2D eigenvalue weighted by Crippen LogP contribution is -2.29. The maximum atomic E-state index is 11.0. The highest BCUT2D eigenvalue weighted by molar-refractivity contribution is 7.99. The molecule has 1 saturated heterocycles. The van der Waals surface area contributed by atoms with Crippen LogP contribution in [0.15, 0.2) is 107 Å². The van der Waals surface area contributed by atoms with Gasteiger partial charge in [-0.1, -0.05) is 30.0 Å². The Labute approximate surface area is 260 Å². The molecule has 3 heterocycles. The number of rotatable bonds is 7. The quantitative estimate of drug-likeness (QED) is 0.114. The van der Waals surface area contributed by atoms with E-state index in [1.165, 1.54) is 40.2 Å². The minimum absolute atomic E-state index is 0.0835. The number of nitrogens with zero attached hydrogens (tertiary/aromatic N) is 4. The van der Waals surface area contributed by atoms with Crippen LogP contribution in [0, 0.1) is 37.8 Å². The van der Waals surface area contributed by atoms with Crippen LogP contribution in [0.5, 0.6) is 0 Å².